The van der Waals surface area contributed by atoms with Crippen molar-refractivity contribution in [1.29, 1.82) is 0 Å². The molecule has 1 amide bonds. The lowest BCUT2D eigenvalue weighted by atomic mass is 10.2. The number of hydrogen-bond acceptors (Lipinski definition) is 4. The van der Waals surface area contributed by atoms with E-state index in [2.05, 4.69) is 15.5 Å². The maximum atomic E-state index is 11.2. The van der Waals surface area contributed by atoms with E-state index in [4.69, 9.17) is 4.42 Å². The fourth-order valence-electron chi connectivity index (χ4n) is 0.796. The minimum absolute atomic E-state index is 0.0329. The van der Waals surface area contributed by atoms with Gasteiger partial charge in [0.15, 0.2) is 0 Å². The maximum Gasteiger partial charge on any atom is 0.308 e. The van der Waals surface area contributed by atoms with Gasteiger partial charge in [-0.2, -0.15) is 0 Å². The third-order valence-electron chi connectivity index (χ3n) is 1.47. The highest BCUT2D eigenvalue weighted by molar-refractivity contribution is 5.89. The molecule has 0 aliphatic heterocycles. The molecule has 1 heterocycles. The van der Waals surface area contributed by atoms with Crippen LogP contribution in [0.15, 0.2) is 4.42 Å². The largest absolute Gasteiger partial charge is 0.417 e. The van der Waals surface area contributed by atoms with Crippen LogP contribution in [0.4, 0.5) is 0 Å². The van der Waals surface area contributed by atoms with Crippen molar-refractivity contribution >= 4 is 5.91 Å². The first-order valence-electron chi connectivity index (χ1n) is 4.26. The summed E-state index contributed by atoms with van der Waals surface area (Å²) in [6.07, 6.45) is 0. The van der Waals surface area contributed by atoms with Crippen molar-refractivity contribution in [3.05, 3.63) is 11.8 Å². The molecule has 0 saturated carbocycles. The van der Waals surface area contributed by atoms with Gasteiger partial charge in [0, 0.05) is 12.5 Å². The second-order valence-corrected chi connectivity index (χ2v) is 2.96. The van der Waals surface area contributed by atoms with Crippen molar-refractivity contribution in [3.63, 3.8) is 0 Å². The molecule has 72 valence electrons. The van der Waals surface area contributed by atoms with E-state index in [1.165, 1.54) is 0 Å². The molecule has 0 bridgehead atoms. The number of hydrogen-bond donors (Lipinski definition) is 1. The van der Waals surface area contributed by atoms with Crippen LogP contribution in [-0.4, -0.2) is 22.6 Å². The Kier molecular flexibility index (Phi) is 3.00. The van der Waals surface area contributed by atoms with Crippen molar-refractivity contribution in [2.24, 2.45) is 0 Å². The van der Waals surface area contributed by atoms with Gasteiger partial charge >= 0.3 is 11.8 Å². The molecule has 0 spiro atoms. The normalized spacial score (nSPS) is 10.5. The lowest BCUT2D eigenvalue weighted by Crippen LogP contribution is -2.22. The first-order chi connectivity index (χ1) is 6.15. The van der Waals surface area contributed by atoms with Gasteiger partial charge in [-0.05, 0) is 6.92 Å². The first-order valence-corrected chi connectivity index (χ1v) is 4.26. The van der Waals surface area contributed by atoms with Crippen LogP contribution in [-0.2, 0) is 0 Å². The minimum Gasteiger partial charge on any atom is -0.417 e. The van der Waals surface area contributed by atoms with Crippen molar-refractivity contribution in [1.82, 2.24) is 15.5 Å². The smallest absolute Gasteiger partial charge is 0.308 e. The molecule has 0 unspecified atom stereocenters. The topological polar surface area (TPSA) is 68.0 Å². The molecule has 0 fully saturated rings. The van der Waals surface area contributed by atoms with Crippen molar-refractivity contribution < 1.29 is 9.21 Å². The Balaban J connectivity index is 2.73. The summed E-state index contributed by atoms with van der Waals surface area (Å²) >= 11 is 0. The molecule has 1 rings (SSSR count). The van der Waals surface area contributed by atoms with E-state index in [0.29, 0.717) is 12.4 Å². The Morgan fingerprint density at radius 1 is 1.54 bits per heavy atom. The number of carbonyl (C=O) groups is 1. The minimum atomic E-state index is -0.318. The molecule has 0 radical (unpaired) electrons. The lowest BCUT2D eigenvalue weighted by Gasteiger charge is -1.96. The summed E-state index contributed by atoms with van der Waals surface area (Å²) in [5.74, 6) is 0.351. The van der Waals surface area contributed by atoms with E-state index in [1.807, 2.05) is 20.8 Å². The van der Waals surface area contributed by atoms with E-state index >= 15 is 0 Å². The summed E-state index contributed by atoms with van der Waals surface area (Å²) in [6.45, 7) is 6.24. The maximum absolute atomic E-state index is 11.2. The standard InChI is InChI=1S/C8H13N3O2/c1-4-9-6(12)8-11-10-7(13-8)5(2)3/h5H,4H2,1-3H3,(H,9,12). The van der Waals surface area contributed by atoms with Crippen LogP contribution in [0.25, 0.3) is 0 Å². The number of amides is 1. The average Bonchev–Trinajstić information content (AvgIpc) is 2.52. The lowest BCUT2D eigenvalue weighted by molar-refractivity contribution is 0.0919. The molecular formula is C8H13N3O2. The van der Waals surface area contributed by atoms with Crippen LogP contribution in [0.1, 0.15) is 43.3 Å². The van der Waals surface area contributed by atoms with Crippen molar-refractivity contribution in [2.75, 3.05) is 6.54 Å². The highest BCUT2D eigenvalue weighted by Crippen LogP contribution is 2.11. The zero-order chi connectivity index (χ0) is 9.84. The quantitative estimate of drug-likeness (QED) is 0.757. The van der Waals surface area contributed by atoms with Crippen LogP contribution in [0, 0.1) is 0 Å². The van der Waals surface area contributed by atoms with Gasteiger partial charge in [0.05, 0.1) is 0 Å². The Labute approximate surface area is 76.5 Å². The molecular weight excluding hydrogens is 170 g/mol. The van der Waals surface area contributed by atoms with Gasteiger partial charge in [0.25, 0.3) is 0 Å². The zero-order valence-corrected chi connectivity index (χ0v) is 8.00. The van der Waals surface area contributed by atoms with E-state index in [-0.39, 0.29) is 17.7 Å². The monoisotopic (exact) mass is 183 g/mol. The Bertz CT molecular complexity index is 293. The summed E-state index contributed by atoms with van der Waals surface area (Å²) < 4.78 is 5.13. The molecule has 0 atom stereocenters. The molecule has 5 heteroatoms. The highest BCUT2D eigenvalue weighted by atomic mass is 16.4. The molecule has 13 heavy (non-hydrogen) atoms. The van der Waals surface area contributed by atoms with Crippen LogP contribution in [0.5, 0.6) is 0 Å². The molecule has 0 aliphatic rings. The fourth-order valence-corrected chi connectivity index (χ4v) is 0.796. The third-order valence-corrected chi connectivity index (χ3v) is 1.47. The van der Waals surface area contributed by atoms with Crippen LogP contribution in [0.3, 0.4) is 0 Å². The van der Waals surface area contributed by atoms with Crippen molar-refractivity contribution in [2.45, 2.75) is 26.7 Å². The number of rotatable bonds is 3. The summed E-state index contributed by atoms with van der Waals surface area (Å²) in [7, 11) is 0. The van der Waals surface area contributed by atoms with E-state index < -0.39 is 0 Å². The van der Waals surface area contributed by atoms with Gasteiger partial charge in [-0.15, -0.1) is 10.2 Å². The second-order valence-electron chi connectivity index (χ2n) is 2.96. The van der Waals surface area contributed by atoms with Crippen LogP contribution >= 0.6 is 0 Å². The predicted molar refractivity (Wildman–Crippen MR) is 46.4 cm³/mol. The fraction of sp³-hybridized carbons (Fsp3) is 0.625. The van der Waals surface area contributed by atoms with Gasteiger partial charge in [0.2, 0.25) is 5.89 Å². The van der Waals surface area contributed by atoms with E-state index in [1.54, 1.807) is 0 Å². The van der Waals surface area contributed by atoms with Gasteiger partial charge in [0.1, 0.15) is 0 Å². The SMILES string of the molecule is CCNC(=O)c1nnc(C(C)C)o1. The Morgan fingerprint density at radius 3 is 2.69 bits per heavy atom. The summed E-state index contributed by atoms with van der Waals surface area (Å²) in [5, 5.41) is 9.95. The Morgan fingerprint density at radius 2 is 2.23 bits per heavy atom. The van der Waals surface area contributed by atoms with Gasteiger partial charge < -0.3 is 9.73 Å². The molecule has 1 N–H and O–H groups in total. The molecule has 1 aromatic heterocycles. The van der Waals surface area contributed by atoms with Gasteiger partial charge in [-0.25, -0.2) is 0 Å². The molecule has 0 aliphatic carbocycles. The summed E-state index contributed by atoms with van der Waals surface area (Å²) in [5.41, 5.74) is 0. The molecule has 0 saturated heterocycles. The van der Waals surface area contributed by atoms with E-state index in [9.17, 15) is 4.79 Å². The second kappa shape index (κ2) is 4.02. The van der Waals surface area contributed by atoms with Gasteiger partial charge in [-0.1, -0.05) is 13.8 Å². The third kappa shape index (κ3) is 2.27. The van der Waals surface area contributed by atoms with Crippen molar-refractivity contribution in [3.8, 4) is 0 Å². The van der Waals surface area contributed by atoms with Crippen LogP contribution < -0.4 is 5.32 Å². The summed E-state index contributed by atoms with van der Waals surface area (Å²) in [4.78, 5) is 11.2. The first kappa shape index (κ1) is 9.70. The Hall–Kier alpha value is -1.39. The predicted octanol–water partition coefficient (Wildman–Crippen LogP) is 0.943. The van der Waals surface area contributed by atoms with Crippen LogP contribution in [0.2, 0.25) is 0 Å². The average molecular weight is 183 g/mol. The number of carbonyl (C=O) groups excluding carboxylic acids is 1. The molecule has 0 aromatic carbocycles. The molecule has 1 aromatic rings. The van der Waals surface area contributed by atoms with E-state index in [0.717, 1.165) is 0 Å². The van der Waals surface area contributed by atoms with Gasteiger partial charge in [-0.3, -0.25) is 4.79 Å². The number of nitrogens with one attached hydrogen (secondary N) is 1. The number of nitrogens with zero attached hydrogens (tertiary/aromatic N) is 2. The zero-order valence-electron chi connectivity index (χ0n) is 8.00. The molecule has 5 nitrogen and oxygen atoms in total. The highest BCUT2D eigenvalue weighted by Gasteiger charge is 2.14. The summed E-state index contributed by atoms with van der Waals surface area (Å²) in [6, 6.07) is 0. The number of aromatic nitrogens is 2.